The number of ketones is 1. The Morgan fingerprint density at radius 3 is 2.65 bits per heavy atom. The fourth-order valence-corrected chi connectivity index (χ4v) is 7.49. The molecule has 0 radical (unpaired) electrons. The molecule has 0 amide bonds. The average molecular weight is 379 g/mol. The summed E-state index contributed by atoms with van der Waals surface area (Å²) in [6, 6.07) is 0. The second-order valence-corrected chi connectivity index (χ2v) is 10.5. The van der Waals surface area contributed by atoms with Gasteiger partial charge in [-0.3, -0.25) is 4.79 Å². The molecule has 2 N–H and O–H groups in total. The highest BCUT2D eigenvalue weighted by Gasteiger charge is 2.63. The fourth-order valence-electron chi connectivity index (χ4n) is 6.97. The van der Waals surface area contributed by atoms with Crippen LogP contribution in [0, 0.1) is 28.6 Å². The lowest BCUT2D eigenvalue weighted by atomic mass is 9.47. The summed E-state index contributed by atoms with van der Waals surface area (Å²) < 4.78 is 20.4. The van der Waals surface area contributed by atoms with Crippen LogP contribution in [0.25, 0.3) is 0 Å². The molecule has 3 fully saturated rings. The second-order valence-electron chi connectivity index (χ2n) is 9.41. The van der Waals surface area contributed by atoms with E-state index in [2.05, 4.69) is 19.9 Å². The summed E-state index contributed by atoms with van der Waals surface area (Å²) in [5.74, 6) is 1.82. The highest BCUT2D eigenvalue weighted by atomic mass is 32.2. The predicted octanol–water partition coefficient (Wildman–Crippen LogP) is 3.64. The lowest BCUT2D eigenvalue weighted by molar-refractivity contribution is -0.123. The first-order chi connectivity index (χ1) is 12.2. The van der Waals surface area contributed by atoms with Crippen LogP contribution in [0.1, 0.15) is 58.8 Å². The summed E-state index contributed by atoms with van der Waals surface area (Å²) in [6.07, 6.45) is 12.0. The van der Waals surface area contributed by atoms with Gasteiger partial charge in [0.2, 0.25) is 0 Å². The Hall–Kier alpha value is -0.780. The van der Waals surface area contributed by atoms with Crippen LogP contribution in [0.5, 0.6) is 0 Å². The van der Waals surface area contributed by atoms with E-state index in [0.717, 1.165) is 38.5 Å². The molecule has 4 aliphatic rings. The van der Waals surface area contributed by atoms with Crippen LogP contribution in [-0.2, 0) is 15.9 Å². The average Bonchev–Trinajstić information content (AvgIpc) is 2.86. The van der Waals surface area contributed by atoms with Gasteiger partial charge >= 0.3 is 0 Å². The SMILES string of the molecule is C[C@]12C=CC(=O)C=C1CC[C@@H]1[C@@H]2CC[C@@]2(C)[C@H]1CC[C@@]2(O)CCS(=O)O. The van der Waals surface area contributed by atoms with Crippen LogP contribution in [0.2, 0.25) is 0 Å². The van der Waals surface area contributed by atoms with E-state index in [9.17, 15) is 18.7 Å². The Morgan fingerprint density at radius 2 is 1.92 bits per heavy atom. The van der Waals surface area contributed by atoms with E-state index < -0.39 is 16.7 Å². The Morgan fingerprint density at radius 1 is 1.19 bits per heavy atom. The third-order valence-corrected chi connectivity index (χ3v) is 9.12. The summed E-state index contributed by atoms with van der Waals surface area (Å²) in [4.78, 5) is 11.8. The van der Waals surface area contributed by atoms with Gasteiger partial charge in [-0.1, -0.05) is 25.5 Å². The van der Waals surface area contributed by atoms with Crippen molar-refractivity contribution in [1.82, 2.24) is 0 Å². The summed E-state index contributed by atoms with van der Waals surface area (Å²) >= 11 is -1.85. The molecule has 0 aromatic carbocycles. The van der Waals surface area contributed by atoms with E-state index >= 15 is 0 Å². The summed E-state index contributed by atoms with van der Waals surface area (Å²) in [6.45, 7) is 4.51. The van der Waals surface area contributed by atoms with E-state index in [1.807, 2.05) is 6.08 Å². The van der Waals surface area contributed by atoms with Gasteiger partial charge in [0.15, 0.2) is 16.9 Å². The first-order valence-corrected chi connectivity index (χ1v) is 11.2. The van der Waals surface area contributed by atoms with Crippen LogP contribution in [-0.4, -0.2) is 31.0 Å². The molecule has 3 saturated carbocycles. The summed E-state index contributed by atoms with van der Waals surface area (Å²) in [5.41, 5.74) is 0.278. The van der Waals surface area contributed by atoms with Gasteiger partial charge in [-0.05, 0) is 80.3 Å². The number of fused-ring (bicyclic) bond motifs is 5. The Labute approximate surface area is 158 Å². The minimum absolute atomic E-state index is 0.0224. The number of aliphatic hydroxyl groups is 1. The largest absolute Gasteiger partial charge is 0.389 e. The number of allylic oxidation sites excluding steroid dienone is 4. The van der Waals surface area contributed by atoms with Crippen molar-refractivity contribution in [2.45, 2.75) is 64.4 Å². The van der Waals surface area contributed by atoms with Gasteiger partial charge in [-0.15, -0.1) is 0 Å². The zero-order valence-electron chi connectivity index (χ0n) is 15.7. The number of hydrogen-bond acceptors (Lipinski definition) is 3. The maximum atomic E-state index is 11.8. The number of carbonyl (C=O) groups excluding carboxylic acids is 1. The van der Waals surface area contributed by atoms with Crippen molar-refractivity contribution < 1.29 is 18.7 Å². The van der Waals surface area contributed by atoms with Gasteiger partial charge in [0.25, 0.3) is 0 Å². The van der Waals surface area contributed by atoms with Crippen molar-refractivity contribution in [1.29, 1.82) is 0 Å². The quantitative estimate of drug-likeness (QED) is 0.735. The van der Waals surface area contributed by atoms with Crippen molar-refractivity contribution in [3.8, 4) is 0 Å². The Bertz CT molecular complexity index is 713. The maximum absolute atomic E-state index is 11.8. The smallest absolute Gasteiger partial charge is 0.178 e. The molecular formula is C21H30O4S. The lowest BCUT2D eigenvalue weighted by Gasteiger charge is -2.58. The van der Waals surface area contributed by atoms with Gasteiger partial charge in [0.1, 0.15) is 0 Å². The Kier molecular flexibility index (Phi) is 4.37. The van der Waals surface area contributed by atoms with Gasteiger partial charge in [0, 0.05) is 5.41 Å². The molecule has 0 aliphatic heterocycles. The van der Waals surface area contributed by atoms with Crippen molar-refractivity contribution >= 4 is 16.9 Å². The zero-order chi connectivity index (χ0) is 18.7. The number of rotatable bonds is 3. The molecule has 5 heteroatoms. The predicted molar refractivity (Wildman–Crippen MR) is 102 cm³/mol. The molecule has 0 heterocycles. The molecule has 0 aromatic heterocycles. The Balaban J connectivity index is 1.62. The molecule has 4 rings (SSSR count). The first-order valence-electron chi connectivity index (χ1n) is 9.94. The molecule has 144 valence electrons. The van der Waals surface area contributed by atoms with Crippen LogP contribution < -0.4 is 0 Å². The van der Waals surface area contributed by atoms with Gasteiger partial charge in [-0.25, -0.2) is 4.21 Å². The lowest BCUT2D eigenvalue weighted by Crippen LogP contribution is -2.54. The van der Waals surface area contributed by atoms with Crippen LogP contribution >= 0.6 is 0 Å². The van der Waals surface area contributed by atoms with Crippen LogP contribution in [0.15, 0.2) is 23.8 Å². The molecule has 0 aromatic rings. The maximum Gasteiger partial charge on any atom is 0.178 e. The minimum atomic E-state index is -1.85. The van der Waals surface area contributed by atoms with Crippen molar-refractivity contribution in [3.05, 3.63) is 23.8 Å². The number of carbonyl (C=O) groups is 1. The summed E-state index contributed by atoms with van der Waals surface area (Å²) in [7, 11) is 0. The highest BCUT2D eigenvalue weighted by molar-refractivity contribution is 7.79. The van der Waals surface area contributed by atoms with Crippen molar-refractivity contribution in [3.63, 3.8) is 0 Å². The molecule has 26 heavy (non-hydrogen) atoms. The molecule has 0 bridgehead atoms. The van der Waals surface area contributed by atoms with Crippen LogP contribution in [0.3, 0.4) is 0 Å². The third kappa shape index (κ3) is 2.54. The van der Waals surface area contributed by atoms with Gasteiger partial charge < -0.3 is 9.66 Å². The van der Waals surface area contributed by atoms with Gasteiger partial charge in [0.05, 0.1) is 11.4 Å². The molecule has 7 atom stereocenters. The molecule has 4 aliphatic carbocycles. The summed E-state index contributed by atoms with van der Waals surface area (Å²) in [5, 5.41) is 11.4. The third-order valence-electron chi connectivity index (χ3n) is 8.57. The first kappa shape index (κ1) is 18.6. The minimum Gasteiger partial charge on any atom is -0.389 e. The molecular weight excluding hydrogens is 348 g/mol. The normalized spacial score (nSPS) is 48.4. The van der Waals surface area contributed by atoms with Crippen molar-refractivity contribution in [2.75, 3.05) is 5.75 Å². The highest BCUT2D eigenvalue weighted by Crippen LogP contribution is 2.67. The van der Waals surface area contributed by atoms with E-state index in [1.165, 1.54) is 5.57 Å². The standard InChI is InChI=1S/C21H30O4S/c1-19-8-5-15(22)13-14(19)3-4-16-17(19)6-9-20(2)18(16)7-10-21(20,23)11-12-26(24)25/h5,8,13,16-18,23H,3-4,6-7,9-12H2,1-2H3,(H,24,25)/t16-,17+,18+,19+,20+,21-/m1/s1. The molecule has 0 spiro atoms. The van der Waals surface area contributed by atoms with E-state index in [4.69, 9.17) is 0 Å². The zero-order valence-corrected chi connectivity index (χ0v) is 16.6. The van der Waals surface area contributed by atoms with Crippen molar-refractivity contribution in [2.24, 2.45) is 28.6 Å². The fraction of sp³-hybridized carbons (Fsp3) is 0.762. The van der Waals surface area contributed by atoms with E-state index in [-0.39, 0.29) is 22.4 Å². The molecule has 4 nitrogen and oxygen atoms in total. The molecule has 0 saturated heterocycles. The van der Waals surface area contributed by atoms with E-state index in [1.54, 1.807) is 6.08 Å². The van der Waals surface area contributed by atoms with Crippen LogP contribution in [0.4, 0.5) is 0 Å². The second kappa shape index (κ2) is 6.11. The monoisotopic (exact) mass is 378 g/mol. The van der Waals surface area contributed by atoms with Gasteiger partial charge in [-0.2, -0.15) is 0 Å². The van der Waals surface area contributed by atoms with E-state index in [0.29, 0.717) is 24.2 Å². The number of hydrogen-bond donors (Lipinski definition) is 2. The topological polar surface area (TPSA) is 74.6 Å². The molecule has 1 unspecified atom stereocenters.